The number of rotatable bonds is 3. The second-order valence-electron chi connectivity index (χ2n) is 7.18. The molecule has 4 rings (SSSR count). The van der Waals surface area contributed by atoms with E-state index in [0.717, 1.165) is 42.6 Å². The van der Waals surface area contributed by atoms with Crippen LogP contribution in [-0.4, -0.2) is 37.3 Å². The van der Waals surface area contributed by atoms with Gasteiger partial charge in [-0.05, 0) is 67.7 Å². The van der Waals surface area contributed by atoms with Crippen molar-refractivity contribution in [2.45, 2.75) is 23.7 Å². The van der Waals surface area contributed by atoms with Gasteiger partial charge in [0.15, 0.2) is 9.84 Å². The maximum Gasteiger partial charge on any atom is 0.175 e. The molecule has 0 bridgehead atoms. The summed E-state index contributed by atoms with van der Waals surface area (Å²) in [6.45, 7) is 1.82. The molecule has 5 nitrogen and oxygen atoms in total. The van der Waals surface area contributed by atoms with Gasteiger partial charge in [-0.25, -0.2) is 17.8 Å². The molecule has 0 radical (unpaired) electrons. The lowest BCUT2D eigenvalue weighted by Gasteiger charge is -2.23. The van der Waals surface area contributed by atoms with Crippen molar-refractivity contribution in [3.63, 3.8) is 0 Å². The van der Waals surface area contributed by atoms with E-state index in [-0.39, 0.29) is 16.6 Å². The third-order valence-electron chi connectivity index (χ3n) is 5.32. The number of aryl methyl sites for hydroxylation is 1. The second-order valence-corrected chi connectivity index (χ2v) is 9.19. The molecular weight excluding hydrogens is 365 g/mol. The van der Waals surface area contributed by atoms with Gasteiger partial charge in [-0.15, -0.1) is 0 Å². The van der Waals surface area contributed by atoms with Crippen LogP contribution >= 0.6 is 0 Å². The average Bonchev–Trinajstić information content (AvgIpc) is 2.97. The van der Waals surface area contributed by atoms with E-state index < -0.39 is 9.84 Å². The summed E-state index contributed by atoms with van der Waals surface area (Å²) in [5.41, 5.74) is 3.04. The first kappa shape index (κ1) is 18.1. The largest absolute Gasteiger partial charge is 0.327 e. The molecular formula is C20H22FN3O2S. The minimum absolute atomic E-state index is 0.202. The number of imidazole rings is 1. The van der Waals surface area contributed by atoms with Gasteiger partial charge in [0.2, 0.25) is 0 Å². The maximum absolute atomic E-state index is 14.7. The Balaban J connectivity index is 1.78. The van der Waals surface area contributed by atoms with Gasteiger partial charge in [0.1, 0.15) is 11.6 Å². The molecule has 1 fully saturated rings. The van der Waals surface area contributed by atoms with Crippen molar-refractivity contribution in [2.24, 2.45) is 7.05 Å². The summed E-state index contributed by atoms with van der Waals surface area (Å²) in [5, 5.41) is 3.31. The van der Waals surface area contributed by atoms with E-state index in [9.17, 15) is 12.8 Å². The van der Waals surface area contributed by atoms with Gasteiger partial charge in [0, 0.05) is 24.9 Å². The summed E-state index contributed by atoms with van der Waals surface area (Å²) in [4.78, 5) is 4.85. The number of nitrogens with zero attached hydrogens (tertiary/aromatic N) is 2. The first-order valence-corrected chi connectivity index (χ1v) is 10.9. The van der Waals surface area contributed by atoms with Gasteiger partial charge in [-0.2, -0.15) is 0 Å². The number of halogens is 1. The van der Waals surface area contributed by atoms with Crippen LogP contribution in [0.15, 0.2) is 41.3 Å². The van der Waals surface area contributed by atoms with Crippen LogP contribution in [0.4, 0.5) is 4.39 Å². The highest BCUT2D eigenvalue weighted by Gasteiger charge is 2.21. The zero-order chi connectivity index (χ0) is 19.2. The smallest absolute Gasteiger partial charge is 0.175 e. The van der Waals surface area contributed by atoms with Gasteiger partial charge in [0.25, 0.3) is 0 Å². The van der Waals surface area contributed by atoms with Crippen LogP contribution in [0.2, 0.25) is 0 Å². The molecule has 1 N–H and O–H groups in total. The van der Waals surface area contributed by atoms with Crippen molar-refractivity contribution in [1.82, 2.24) is 14.9 Å². The molecule has 7 heteroatoms. The molecule has 0 aliphatic carbocycles. The summed E-state index contributed by atoms with van der Waals surface area (Å²) in [7, 11) is -1.34. The number of sulfone groups is 1. The first-order chi connectivity index (χ1) is 12.8. The number of aromatic nitrogens is 2. The summed E-state index contributed by atoms with van der Waals surface area (Å²) >= 11 is 0. The minimum atomic E-state index is -3.24. The van der Waals surface area contributed by atoms with Gasteiger partial charge in [0.05, 0.1) is 15.9 Å². The Bertz CT molecular complexity index is 1100. The molecule has 0 saturated carbocycles. The molecule has 1 aromatic heterocycles. The lowest BCUT2D eigenvalue weighted by molar-refractivity contribution is 0.445. The zero-order valence-corrected chi connectivity index (χ0v) is 16.2. The van der Waals surface area contributed by atoms with E-state index in [1.54, 1.807) is 24.3 Å². The number of fused-ring (bicyclic) bond motifs is 1. The van der Waals surface area contributed by atoms with Crippen LogP contribution in [-0.2, 0) is 16.9 Å². The van der Waals surface area contributed by atoms with Gasteiger partial charge in [-0.3, -0.25) is 0 Å². The van der Waals surface area contributed by atoms with E-state index in [2.05, 4.69) is 10.3 Å². The number of nitrogens with one attached hydrogen (secondary N) is 1. The second kappa shape index (κ2) is 6.73. The lowest BCUT2D eigenvalue weighted by atomic mass is 9.89. The molecule has 2 aromatic carbocycles. The molecule has 0 atom stereocenters. The molecule has 27 heavy (non-hydrogen) atoms. The Morgan fingerprint density at radius 1 is 1.15 bits per heavy atom. The monoisotopic (exact) mass is 387 g/mol. The van der Waals surface area contributed by atoms with Gasteiger partial charge < -0.3 is 9.88 Å². The number of hydrogen-bond acceptors (Lipinski definition) is 4. The predicted octanol–water partition coefficient (Wildman–Crippen LogP) is 3.25. The SMILES string of the molecule is Cn1c(-c2ccc(S(C)(=O)=O)cc2)nc2cc(F)c(C3CCNCC3)cc21. The van der Waals surface area contributed by atoms with Crippen molar-refractivity contribution in [3.05, 3.63) is 47.8 Å². The van der Waals surface area contributed by atoms with Crippen LogP contribution in [0.25, 0.3) is 22.4 Å². The molecule has 1 saturated heterocycles. The van der Waals surface area contributed by atoms with Gasteiger partial charge >= 0.3 is 0 Å². The highest BCUT2D eigenvalue weighted by atomic mass is 32.2. The zero-order valence-electron chi connectivity index (χ0n) is 15.4. The quantitative estimate of drug-likeness (QED) is 0.749. The van der Waals surface area contributed by atoms with Crippen LogP contribution in [0, 0.1) is 5.82 Å². The Labute approximate surface area is 158 Å². The molecule has 3 aromatic rings. The highest BCUT2D eigenvalue weighted by Crippen LogP contribution is 2.32. The van der Waals surface area contributed by atoms with Crippen molar-refractivity contribution in [1.29, 1.82) is 0 Å². The van der Waals surface area contributed by atoms with E-state index in [1.807, 2.05) is 17.7 Å². The van der Waals surface area contributed by atoms with Crippen molar-refractivity contribution < 1.29 is 12.8 Å². The topological polar surface area (TPSA) is 64.0 Å². The maximum atomic E-state index is 14.7. The van der Waals surface area contributed by atoms with Crippen molar-refractivity contribution in [2.75, 3.05) is 19.3 Å². The molecule has 1 aliphatic rings. The Kier molecular flexibility index (Phi) is 4.52. The molecule has 0 amide bonds. The Morgan fingerprint density at radius 2 is 1.81 bits per heavy atom. The van der Waals surface area contributed by atoms with Crippen LogP contribution < -0.4 is 5.32 Å². The fourth-order valence-corrected chi connectivity index (χ4v) is 4.41. The fourth-order valence-electron chi connectivity index (χ4n) is 3.78. The fraction of sp³-hybridized carbons (Fsp3) is 0.350. The summed E-state index contributed by atoms with van der Waals surface area (Å²) in [5.74, 6) is 0.710. The molecule has 1 aliphatic heterocycles. The highest BCUT2D eigenvalue weighted by molar-refractivity contribution is 7.90. The van der Waals surface area contributed by atoms with Crippen molar-refractivity contribution >= 4 is 20.9 Å². The number of hydrogen-bond donors (Lipinski definition) is 1. The van der Waals surface area contributed by atoms with Gasteiger partial charge in [-0.1, -0.05) is 0 Å². The third-order valence-corrected chi connectivity index (χ3v) is 6.45. The normalized spacial score (nSPS) is 16.1. The standard InChI is InChI=1S/C20H22FN3O2S/c1-24-19-11-16(13-7-9-22-10-8-13)17(21)12-18(19)23-20(24)14-3-5-15(6-4-14)27(2,25)26/h3-6,11-13,22H,7-10H2,1-2H3. The molecule has 0 spiro atoms. The van der Waals surface area contributed by atoms with Crippen molar-refractivity contribution in [3.8, 4) is 11.4 Å². The predicted molar refractivity (Wildman–Crippen MR) is 104 cm³/mol. The van der Waals surface area contributed by atoms with E-state index in [0.29, 0.717) is 11.3 Å². The Morgan fingerprint density at radius 3 is 2.44 bits per heavy atom. The third kappa shape index (κ3) is 3.37. The summed E-state index contributed by atoms with van der Waals surface area (Å²) in [6.07, 6.45) is 3.04. The molecule has 2 heterocycles. The van der Waals surface area contributed by atoms with Crippen LogP contribution in [0.1, 0.15) is 24.3 Å². The summed E-state index contributed by atoms with van der Waals surface area (Å²) < 4.78 is 39.9. The minimum Gasteiger partial charge on any atom is -0.327 e. The summed E-state index contributed by atoms with van der Waals surface area (Å²) in [6, 6.07) is 10.1. The lowest BCUT2D eigenvalue weighted by Crippen LogP contribution is -2.27. The van der Waals surface area contributed by atoms with E-state index in [1.165, 1.54) is 12.3 Å². The van der Waals surface area contributed by atoms with Crippen LogP contribution in [0.3, 0.4) is 0 Å². The number of piperidine rings is 1. The Hall–Kier alpha value is -2.25. The average molecular weight is 387 g/mol. The molecule has 0 unspecified atom stereocenters. The van der Waals surface area contributed by atoms with E-state index in [4.69, 9.17) is 0 Å². The van der Waals surface area contributed by atoms with E-state index >= 15 is 0 Å². The number of benzene rings is 2. The molecule has 142 valence electrons. The first-order valence-electron chi connectivity index (χ1n) is 9.01. The van der Waals surface area contributed by atoms with Crippen LogP contribution in [0.5, 0.6) is 0 Å².